The SMILES string of the molecule is CN=C(NCCCNC(=O)c1ccccc1)NCCN1CCCCC1.I. The largest absolute Gasteiger partial charge is 0.356 e. The van der Waals surface area contributed by atoms with Gasteiger partial charge in [-0.1, -0.05) is 24.6 Å². The summed E-state index contributed by atoms with van der Waals surface area (Å²) in [5, 5.41) is 9.57. The van der Waals surface area contributed by atoms with E-state index in [1.807, 2.05) is 30.3 Å². The molecule has 6 nitrogen and oxygen atoms in total. The molecule has 0 spiro atoms. The molecule has 1 aliphatic rings. The minimum absolute atomic E-state index is 0. The van der Waals surface area contributed by atoms with Crippen molar-refractivity contribution >= 4 is 35.8 Å². The highest BCUT2D eigenvalue weighted by atomic mass is 127. The maximum atomic E-state index is 11.9. The molecule has 1 fully saturated rings. The molecule has 1 aromatic carbocycles. The fraction of sp³-hybridized carbons (Fsp3) is 0.579. The maximum absolute atomic E-state index is 11.9. The number of carbonyl (C=O) groups is 1. The average Bonchev–Trinajstić information content (AvgIpc) is 2.67. The number of likely N-dealkylation sites (tertiary alicyclic amines) is 1. The Morgan fingerprint density at radius 3 is 2.35 bits per heavy atom. The van der Waals surface area contributed by atoms with E-state index in [-0.39, 0.29) is 29.9 Å². The summed E-state index contributed by atoms with van der Waals surface area (Å²) < 4.78 is 0. The van der Waals surface area contributed by atoms with Gasteiger partial charge in [0, 0.05) is 38.8 Å². The summed E-state index contributed by atoms with van der Waals surface area (Å²) in [6, 6.07) is 9.29. The lowest BCUT2D eigenvalue weighted by Crippen LogP contribution is -2.43. The summed E-state index contributed by atoms with van der Waals surface area (Å²) in [4.78, 5) is 18.7. The van der Waals surface area contributed by atoms with Crippen LogP contribution < -0.4 is 16.0 Å². The predicted octanol–water partition coefficient (Wildman–Crippen LogP) is 2.08. The summed E-state index contributed by atoms with van der Waals surface area (Å²) in [7, 11) is 1.79. The highest BCUT2D eigenvalue weighted by Gasteiger charge is 2.09. The van der Waals surface area contributed by atoms with Crippen molar-refractivity contribution < 1.29 is 4.79 Å². The summed E-state index contributed by atoms with van der Waals surface area (Å²) in [5.74, 6) is 0.802. The summed E-state index contributed by atoms with van der Waals surface area (Å²) in [6.45, 7) is 5.83. The number of hydrogen-bond acceptors (Lipinski definition) is 3. The standard InChI is InChI=1S/C19H31N5O.HI/c1-20-19(23-13-16-24-14-6-3-7-15-24)22-12-8-11-21-18(25)17-9-4-2-5-10-17;/h2,4-5,9-10H,3,6-8,11-16H2,1H3,(H,21,25)(H2,20,22,23);1H. The lowest BCUT2D eigenvalue weighted by molar-refractivity contribution is 0.0953. The fourth-order valence-corrected chi connectivity index (χ4v) is 2.92. The van der Waals surface area contributed by atoms with Crippen LogP contribution >= 0.6 is 24.0 Å². The first-order valence-corrected chi connectivity index (χ1v) is 9.29. The molecule has 0 unspecified atom stereocenters. The molecule has 0 saturated carbocycles. The monoisotopic (exact) mass is 473 g/mol. The molecule has 146 valence electrons. The van der Waals surface area contributed by atoms with Crippen LogP contribution in [0.1, 0.15) is 36.0 Å². The van der Waals surface area contributed by atoms with Crippen LogP contribution in [0.2, 0.25) is 0 Å². The predicted molar refractivity (Wildman–Crippen MR) is 118 cm³/mol. The Bertz CT molecular complexity index is 532. The second kappa shape index (κ2) is 13.8. The lowest BCUT2D eigenvalue weighted by Gasteiger charge is -2.26. The van der Waals surface area contributed by atoms with Gasteiger partial charge in [-0.15, -0.1) is 24.0 Å². The molecule has 0 aromatic heterocycles. The zero-order valence-electron chi connectivity index (χ0n) is 15.7. The van der Waals surface area contributed by atoms with Gasteiger partial charge in [-0.25, -0.2) is 0 Å². The van der Waals surface area contributed by atoms with E-state index in [1.165, 1.54) is 32.4 Å². The van der Waals surface area contributed by atoms with Gasteiger partial charge in [0.1, 0.15) is 0 Å². The van der Waals surface area contributed by atoms with Crippen LogP contribution in [0.3, 0.4) is 0 Å². The van der Waals surface area contributed by atoms with E-state index >= 15 is 0 Å². The third-order valence-electron chi connectivity index (χ3n) is 4.36. The van der Waals surface area contributed by atoms with E-state index in [1.54, 1.807) is 7.05 Å². The smallest absolute Gasteiger partial charge is 0.251 e. The number of benzene rings is 1. The van der Waals surface area contributed by atoms with Gasteiger partial charge < -0.3 is 20.9 Å². The number of nitrogens with one attached hydrogen (secondary N) is 3. The molecule has 26 heavy (non-hydrogen) atoms. The van der Waals surface area contributed by atoms with Gasteiger partial charge in [0.05, 0.1) is 0 Å². The molecule has 0 radical (unpaired) electrons. The van der Waals surface area contributed by atoms with Crippen molar-refractivity contribution in [1.29, 1.82) is 0 Å². The number of piperidine rings is 1. The van der Waals surface area contributed by atoms with E-state index in [2.05, 4.69) is 25.8 Å². The second-order valence-electron chi connectivity index (χ2n) is 6.30. The van der Waals surface area contributed by atoms with Crippen molar-refractivity contribution in [2.45, 2.75) is 25.7 Å². The quantitative estimate of drug-likeness (QED) is 0.234. The van der Waals surface area contributed by atoms with Crippen LogP contribution in [0, 0.1) is 0 Å². The second-order valence-corrected chi connectivity index (χ2v) is 6.30. The molecule has 1 amide bonds. The Morgan fingerprint density at radius 2 is 1.65 bits per heavy atom. The number of carbonyl (C=O) groups excluding carboxylic acids is 1. The van der Waals surface area contributed by atoms with Gasteiger partial charge in [0.25, 0.3) is 5.91 Å². The number of guanidine groups is 1. The molecule has 2 rings (SSSR count). The summed E-state index contributed by atoms with van der Waals surface area (Å²) >= 11 is 0. The van der Waals surface area contributed by atoms with Crippen molar-refractivity contribution in [1.82, 2.24) is 20.9 Å². The van der Waals surface area contributed by atoms with Crippen LogP contribution in [0.4, 0.5) is 0 Å². The van der Waals surface area contributed by atoms with E-state index in [9.17, 15) is 4.79 Å². The number of nitrogens with zero attached hydrogens (tertiary/aromatic N) is 2. The van der Waals surface area contributed by atoms with Crippen LogP contribution in [0.25, 0.3) is 0 Å². The number of aliphatic imine (C=N–C) groups is 1. The Kier molecular flexibility index (Phi) is 12.0. The number of rotatable bonds is 8. The molecule has 0 bridgehead atoms. The van der Waals surface area contributed by atoms with Crippen molar-refractivity contribution in [2.24, 2.45) is 4.99 Å². The van der Waals surface area contributed by atoms with E-state index in [0.717, 1.165) is 32.0 Å². The van der Waals surface area contributed by atoms with Gasteiger partial charge in [-0.05, 0) is 44.5 Å². The van der Waals surface area contributed by atoms with Gasteiger partial charge in [0.2, 0.25) is 0 Å². The highest BCUT2D eigenvalue weighted by molar-refractivity contribution is 14.0. The molecule has 0 atom stereocenters. The van der Waals surface area contributed by atoms with Crippen LogP contribution in [0.5, 0.6) is 0 Å². The van der Waals surface area contributed by atoms with Crippen molar-refractivity contribution in [3.05, 3.63) is 35.9 Å². The van der Waals surface area contributed by atoms with Gasteiger partial charge >= 0.3 is 0 Å². The zero-order valence-corrected chi connectivity index (χ0v) is 18.0. The van der Waals surface area contributed by atoms with Crippen molar-refractivity contribution in [2.75, 3.05) is 46.3 Å². The molecule has 7 heteroatoms. The minimum Gasteiger partial charge on any atom is -0.356 e. The number of halogens is 1. The molecule has 3 N–H and O–H groups in total. The fourth-order valence-electron chi connectivity index (χ4n) is 2.92. The lowest BCUT2D eigenvalue weighted by atomic mass is 10.1. The first-order chi connectivity index (χ1) is 12.3. The molecule has 1 saturated heterocycles. The maximum Gasteiger partial charge on any atom is 0.251 e. The summed E-state index contributed by atoms with van der Waals surface area (Å²) in [6.07, 6.45) is 4.86. The first-order valence-electron chi connectivity index (χ1n) is 9.29. The van der Waals surface area contributed by atoms with E-state index < -0.39 is 0 Å². The topological polar surface area (TPSA) is 68.8 Å². The summed E-state index contributed by atoms with van der Waals surface area (Å²) in [5.41, 5.74) is 0.700. The van der Waals surface area contributed by atoms with Gasteiger partial charge in [-0.2, -0.15) is 0 Å². The molecule has 0 aliphatic carbocycles. The van der Waals surface area contributed by atoms with Crippen molar-refractivity contribution in [3.8, 4) is 0 Å². The van der Waals surface area contributed by atoms with Crippen LogP contribution in [-0.2, 0) is 0 Å². The molecule has 1 aliphatic heterocycles. The number of amides is 1. The molecular formula is C19H32IN5O. The molecular weight excluding hydrogens is 441 g/mol. The Morgan fingerprint density at radius 1 is 1.00 bits per heavy atom. The van der Waals surface area contributed by atoms with E-state index in [0.29, 0.717) is 12.1 Å². The minimum atomic E-state index is -0.0235. The Labute approximate surface area is 174 Å². The van der Waals surface area contributed by atoms with Gasteiger partial charge in [0.15, 0.2) is 5.96 Å². The first kappa shape index (κ1) is 22.7. The van der Waals surface area contributed by atoms with Crippen LogP contribution in [0.15, 0.2) is 35.3 Å². The highest BCUT2D eigenvalue weighted by Crippen LogP contribution is 2.07. The normalized spacial score (nSPS) is 15.0. The van der Waals surface area contributed by atoms with Crippen LogP contribution in [-0.4, -0.2) is 63.1 Å². The zero-order chi connectivity index (χ0) is 17.7. The molecule has 1 heterocycles. The molecule has 1 aromatic rings. The van der Waals surface area contributed by atoms with E-state index in [4.69, 9.17) is 0 Å². The average molecular weight is 473 g/mol. The van der Waals surface area contributed by atoms with Gasteiger partial charge in [-0.3, -0.25) is 9.79 Å². The third-order valence-corrected chi connectivity index (χ3v) is 4.36. The Hall–Kier alpha value is -1.35. The number of hydrogen-bond donors (Lipinski definition) is 3. The van der Waals surface area contributed by atoms with Crippen molar-refractivity contribution in [3.63, 3.8) is 0 Å². The Balaban J connectivity index is 0.00000338. The third kappa shape index (κ3) is 8.84.